The molecule has 0 saturated heterocycles. The van der Waals surface area contributed by atoms with Crippen molar-refractivity contribution in [3.63, 3.8) is 0 Å². The van der Waals surface area contributed by atoms with Gasteiger partial charge in [-0.1, -0.05) is 132 Å². The Hall–Kier alpha value is -2.22. The van der Waals surface area contributed by atoms with Crippen LogP contribution in [0.2, 0.25) is 0 Å². The van der Waals surface area contributed by atoms with Crippen molar-refractivity contribution in [3.05, 3.63) is 72.9 Å². The van der Waals surface area contributed by atoms with Gasteiger partial charge in [-0.3, -0.25) is 9.35 Å². The molecule has 1 amide bonds. The first-order chi connectivity index (χ1) is 19.3. The van der Waals surface area contributed by atoms with Gasteiger partial charge in [0.1, 0.15) is 0 Å². The molecular weight excluding hydrogens is 522 g/mol. The molecule has 6 nitrogen and oxygen atoms in total. The molecule has 7 heteroatoms. The molecule has 0 aromatic rings. The van der Waals surface area contributed by atoms with E-state index in [0.717, 1.165) is 44.9 Å². The van der Waals surface area contributed by atoms with Crippen LogP contribution in [0.3, 0.4) is 0 Å². The standard InChI is InChI=1S/C33H55NO5S/c1-3-5-7-9-11-13-15-16-17-18-19-21-23-25-27-29-33(36)34-31(30-40(37,38)39)32(35)28-26-24-22-20-14-12-10-8-6-4-2/h5,7,11,13,16-17,19,21,25-28,31-32,35H,3-4,6,8-10,12,14-15,18,20,22-24,29-30H2,1-2H3,(H,34,36)(H,37,38,39)/b7-5-,13-11-,17-16-,21-19-,27-25-,28-26+. The van der Waals surface area contributed by atoms with E-state index in [2.05, 4.69) is 61.7 Å². The number of aliphatic hydroxyl groups excluding tert-OH is 1. The second-order valence-corrected chi connectivity index (χ2v) is 11.5. The van der Waals surface area contributed by atoms with Crippen LogP contribution < -0.4 is 5.32 Å². The predicted octanol–water partition coefficient (Wildman–Crippen LogP) is 7.95. The number of hydrogen-bond donors (Lipinski definition) is 3. The van der Waals surface area contributed by atoms with Crippen molar-refractivity contribution in [2.75, 3.05) is 5.75 Å². The molecule has 0 aromatic carbocycles. The molecular formula is C33H55NO5S. The molecule has 0 rings (SSSR count). The molecule has 0 fully saturated rings. The largest absolute Gasteiger partial charge is 0.387 e. The molecule has 2 unspecified atom stereocenters. The third kappa shape index (κ3) is 27.4. The summed E-state index contributed by atoms with van der Waals surface area (Å²) in [7, 11) is -4.36. The molecule has 0 bridgehead atoms. The molecule has 0 aromatic heterocycles. The SMILES string of the molecule is CC/C=C\C/C=C\C/C=C\C/C=C\C/C=C\CC(=O)NC(CS(=O)(=O)O)C(O)/C=C/CCCCCCCCCC. The van der Waals surface area contributed by atoms with Gasteiger partial charge in [0.25, 0.3) is 10.1 Å². The van der Waals surface area contributed by atoms with Crippen molar-refractivity contribution in [2.45, 2.75) is 122 Å². The first kappa shape index (κ1) is 37.8. The molecule has 0 heterocycles. The Balaban J connectivity index is 4.31. The molecule has 0 aliphatic carbocycles. The Kier molecular flexibility index (Phi) is 25.5. The van der Waals surface area contributed by atoms with Crippen molar-refractivity contribution >= 4 is 16.0 Å². The minimum Gasteiger partial charge on any atom is -0.387 e. The molecule has 0 aliphatic heterocycles. The van der Waals surface area contributed by atoms with Crippen LogP contribution in [-0.2, 0) is 14.9 Å². The number of aliphatic hydroxyl groups is 1. The maximum Gasteiger partial charge on any atom is 0.267 e. The van der Waals surface area contributed by atoms with E-state index in [1.807, 2.05) is 18.2 Å². The summed E-state index contributed by atoms with van der Waals surface area (Å²) >= 11 is 0. The van der Waals surface area contributed by atoms with E-state index in [9.17, 15) is 22.9 Å². The third-order valence-electron chi connectivity index (χ3n) is 6.17. The van der Waals surface area contributed by atoms with Crippen LogP contribution in [0.25, 0.3) is 0 Å². The summed E-state index contributed by atoms with van der Waals surface area (Å²) in [6.07, 6.45) is 37.7. The van der Waals surface area contributed by atoms with Crippen LogP contribution >= 0.6 is 0 Å². The lowest BCUT2D eigenvalue weighted by Crippen LogP contribution is -2.46. The van der Waals surface area contributed by atoms with E-state index >= 15 is 0 Å². The molecule has 228 valence electrons. The molecule has 2 atom stereocenters. The van der Waals surface area contributed by atoms with Crippen LogP contribution in [0.4, 0.5) is 0 Å². The monoisotopic (exact) mass is 577 g/mol. The Bertz CT molecular complexity index is 900. The first-order valence-corrected chi connectivity index (χ1v) is 16.7. The fourth-order valence-electron chi connectivity index (χ4n) is 3.93. The number of amides is 1. The summed E-state index contributed by atoms with van der Waals surface area (Å²) in [6.45, 7) is 4.33. The third-order valence-corrected chi connectivity index (χ3v) is 6.95. The Labute approximate surface area is 244 Å². The average Bonchev–Trinajstić information content (AvgIpc) is 2.90. The van der Waals surface area contributed by atoms with Gasteiger partial charge in [-0.05, 0) is 44.9 Å². The number of hydrogen-bond acceptors (Lipinski definition) is 4. The van der Waals surface area contributed by atoms with Gasteiger partial charge in [-0.2, -0.15) is 8.42 Å². The van der Waals surface area contributed by atoms with Crippen LogP contribution in [-0.4, -0.2) is 41.9 Å². The lowest BCUT2D eigenvalue weighted by molar-refractivity contribution is -0.121. The highest BCUT2D eigenvalue weighted by molar-refractivity contribution is 7.85. The number of unbranched alkanes of at least 4 members (excludes halogenated alkanes) is 8. The smallest absolute Gasteiger partial charge is 0.267 e. The van der Waals surface area contributed by atoms with Gasteiger partial charge in [0.15, 0.2) is 0 Å². The van der Waals surface area contributed by atoms with Crippen LogP contribution in [0.1, 0.15) is 110 Å². The van der Waals surface area contributed by atoms with E-state index in [0.29, 0.717) is 6.42 Å². The minimum atomic E-state index is -4.36. The molecule has 0 spiro atoms. The van der Waals surface area contributed by atoms with Gasteiger partial charge in [0.05, 0.1) is 17.9 Å². The number of rotatable bonds is 25. The number of nitrogens with one attached hydrogen (secondary N) is 1. The Morgan fingerprint density at radius 2 is 1.18 bits per heavy atom. The highest BCUT2D eigenvalue weighted by Crippen LogP contribution is 2.10. The van der Waals surface area contributed by atoms with Crippen molar-refractivity contribution in [1.29, 1.82) is 0 Å². The summed E-state index contributed by atoms with van der Waals surface area (Å²) < 4.78 is 32.1. The zero-order valence-electron chi connectivity index (χ0n) is 24.9. The zero-order chi connectivity index (χ0) is 29.7. The summed E-state index contributed by atoms with van der Waals surface area (Å²) in [5.74, 6) is -1.15. The maximum atomic E-state index is 12.3. The van der Waals surface area contributed by atoms with Gasteiger partial charge in [0, 0.05) is 6.42 Å². The molecule has 0 saturated carbocycles. The van der Waals surface area contributed by atoms with Crippen LogP contribution in [0.5, 0.6) is 0 Å². The van der Waals surface area contributed by atoms with Gasteiger partial charge >= 0.3 is 0 Å². The van der Waals surface area contributed by atoms with Gasteiger partial charge in [-0.25, -0.2) is 0 Å². The van der Waals surface area contributed by atoms with Crippen LogP contribution in [0, 0.1) is 0 Å². The molecule has 0 radical (unpaired) electrons. The number of carbonyl (C=O) groups is 1. The Morgan fingerprint density at radius 1 is 0.700 bits per heavy atom. The summed E-state index contributed by atoms with van der Waals surface area (Å²) in [4.78, 5) is 12.3. The second-order valence-electron chi connectivity index (χ2n) is 10.0. The first-order valence-electron chi connectivity index (χ1n) is 15.1. The highest BCUT2D eigenvalue weighted by Gasteiger charge is 2.24. The molecule has 0 aliphatic rings. The summed E-state index contributed by atoms with van der Waals surface area (Å²) in [5.41, 5.74) is 0. The van der Waals surface area contributed by atoms with Gasteiger partial charge < -0.3 is 10.4 Å². The van der Waals surface area contributed by atoms with E-state index < -0.39 is 33.9 Å². The minimum absolute atomic E-state index is 0.0597. The summed E-state index contributed by atoms with van der Waals surface area (Å²) in [5, 5.41) is 13.0. The van der Waals surface area contributed by atoms with Crippen molar-refractivity contribution in [3.8, 4) is 0 Å². The normalized spacial score (nSPS) is 14.6. The van der Waals surface area contributed by atoms with Crippen LogP contribution in [0.15, 0.2) is 72.9 Å². The highest BCUT2D eigenvalue weighted by atomic mass is 32.2. The van der Waals surface area contributed by atoms with E-state index in [1.54, 1.807) is 6.08 Å². The second kappa shape index (κ2) is 27.0. The molecule has 3 N–H and O–H groups in total. The predicted molar refractivity (Wildman–Crippen MR) is 170 cm³/mol. The Morgan fingerprint density at radius 3 is 1.68 bits per heavy atom. The summed E-state index contributed by atoms with van der Waals surface area (Å²) in [6, 6.07) is -1.11. The molecule has 40 heavy (non-hydrogen) atoms. The lowest BCUT2D eigenvalue weighted by Gasteiger charge is -2.20. The van der Waals surface area contributed by atoms with E-state index in [4.69, 9.17) is 0 Å². The fraction of sp³-hybridized carbons (Fsp3) is 0.606. The fourth-order valence-corrected chi connectivity index (χ4v) is 4.66. The van der Waals surface area contributed by atoms with E-state index in [1.165, 1.54) is 44.6 Å². The van der Waals surface area contributed by atoms with E-state index in [-0.39, 0.29) is 6.42 Å². The van der Waals surface area contributed by atoms with Crippen molar-refractivity contribution in [2.24, 2.45) is 0 Å². The average molecular weight is 578 g/mol. The lowest BCUT2D eigenvalue weighted by atomic mass is 10.1. The number of carbonyl (C=O) groups excluding carboxylic acids is 1. The van der Waals surface area contributed by atoms with Crippen molar-refractivity contribution in [1.82, 2.24) is 5.32 Å². The topological polar surface area (TPSA) is 104 Å². The quantitative estimate of drug-likeness (QED) is 0.0580. The zero-order valence-corrected chi connectivity index (χ0v) is 25.7. The maximum absolute atomic E-state index is 12.3. The van der Waals surface area contributed by atoms with Crippen molar-refractivity contribution < 1.29 is 22.9 Å². The number of allylic oxidation sites excluding steroid dienone is 10. The van der Waals surface area contributed by atoms with Gasteiger partial charge in [0.2, 0.25) is 5.91 Å². The van der Waals surface area contributed by atoms with Gasteiger partial charge in [-0.15, -0.1) is 0 Å².